The van der Waals surface area contributed by atoms with Crippen molar-refractivity contribution in [2.45, 2.75) is 32.4 Å². The molecule has 2 bridgehead atoms. The highest BCUT2D eigenvalue weighted by molar-refractivity contribution is 6.12. The number of aromatic amines is 1. The van der Waals surface area contributed by atoms with Gasteiger partial charge < -0.3 is 34.3 Å². The number of allylic oxidation sites excluding steroid dienone is 1. The summed E-state index contributed by atoms with van der Waals surface area (Å²) < 4.78 is 17.4. The molecule has 0 aromatic carbocycles. The van der Waals surface area contributed by atoms with Crippen LogP contribution >= 0.6 is 0 Å². The van der Waals surface area contributed by atoms with Gasteiger partial charge in [0.05, 0.1) is 24.6 Å². The van der Waals surface area contributed by atoms with E-state index in [0.717, 1.165) is 56.1 Å². The SMILES string of the molecule is CCN(CCOC)CCOC1=C2CC(C=C1)/N=C1\N=CNc3[nH]cc(c31)CN(C)CCCN(C)C(=O)CO2. The number of rotatable bonds is 8. The second-order valence-electron chi connectivity index (χ2n) is 9.81. The fourth-order valence-electron chi connectivity index (χ4n) is 4.70. The number of amidine groups is 1. The van der Waals surface area contributed by atoms with Gasteiger partial charge in [-0.15, -0.1) is 0 Å². The van der Waals surface area contributed by atoms with Crippen LogP contribution < -0.4 is 5.32 Å². The van der Waals surface area contributed by atoms with Crippen molar-refractivity contribution in [3.8, 4) is 0 Å². The number of ether oxygens (including phenoxy) is 3. The number of H-pyrrole nitrogens is 1. The molecule has 1 atom stereocenters. The molecule has 1 aromatic rings. The van der Waals surface area contributed by atoms with Crippen molar-refractivity contribution in [1.29, 1.82) is 0 Å². The number of hydrogen-bond acceptors (Lipinski definition) is 9. The number of amides is 1. The number of carbonyl (C=O) groups excluding carboxylic acids is 1. The molecule has 0 fully saturated rings. The summed E-state index contributed by atoms with van der Waals surface area (Å²) in [7, 11) is 5.62. The van der Waals surface area contributed by atoms with E-state index >= 15 is 0 Å². The van der Waals surface area contributed by atoms with Gasteiger partial charge in [0.2, 0.25) is 0 Å². The lowest BCUT2D eigenvalue weighted by Crippen LogP contribution is -2.33. The summed E-state index contributed by atoms with van der Waals surface area (Å²) in [6.07, 6.45) is 8.96. The minimum atomic E-state index is -0.189. The number of nitrogens with one attached hydrogen (secondary N) is 2. The van der Waals surface area contributed by atoms with Crippen LogP contribution in [-0.2, 0) is 25.5 Å². The van der Waals surface area contributed by atoms with Gasteiger partial charge in [-0.1, -0.05) is 13.0 Å². The zero-order valence-corrected chi connectivity index (χ0v) is 23.0. The minimum absolute atomic E-state index is 0.0330. The molecule has 0 saturated carbocycles. The summed E-state index contributed by atoms with van der Waals surface area (Å²) in [5.74, 6) is 2.82. The van der Waals surface area contributed by atoms with E-state index in [0.29, 0.717) is 43.5 Å². The molecular weight excluding hydrogens is 486 g/mol. The molecule has 38 heavy (non-hydrogen) atoms. The number of hydrogen-bond donors (Lipinski definition) is 2. The van der Waals surface area contributed by atoms with E-state index in [1.165, 1.54) is 0 Å². The Hall–Kier alpha value is -3.15. The number of anilines is 1. The van der Waals surface area contributed by atoms with Gasteiger partial charge in [-0.2, -0.15) is 0 Å². The Balaban J connectivity index is 1.56. The molecule has 0 saturated heterocycles. The van der Waals surface area contributed by atoms with Crippen molar-refractivity contribution < 1.29 is 19.0 Å². The van der Waals surface area contributed by atoms with Gasteiger partial charge in [-0.05, 0) is 38.2 Å². The third kappa shape index (κ3) is 7.24. The number of nitrogens with zero attached hydrogens (tertiary/aromatic N) is 5. The van der Waals surface area contributed by atoms with Crippen molar-refractivity contribution >= 4 is 23.9 Å². The minimum Gasteiger partial charge on any atom is -0.489 e. The number of fused-ring (bicyclic) bond motifs is 2. The lowest BCUT2D eigenvalue weighted by molar-refractivity contribution is -0.133. The van der Waals surface area contributed by atoms with E-state index in [4.69, 9.17) is 19.2 Å². The maximum absolute atomic E-state index is 12.8. The predicted octanol–water partition coefficient (Wildman–Crippen LogP) is 2.05. The molecule has 0 spiro atoms. The lowest BCUT2D eigenvalue weighted by atomic mass is 10.1. The van der Waals surface area contributed by atoms with E-state index in [9.17, 15) is 4.79 Å². The Bertz CT molecular complexity index is 1080. The molecule has 11 nitrogen and oxygen atoms in total. The maximum atomic E-state index is 12.8. The highest BCUT2D eigenvalue weighted by atomic mass is 16.5. The van der Waals surface area contributed by atoms with Gasteiger partial charge in [0.1, 0.15) is 18.2 Å². The summed E-state index contributed by atoms with van der Waals surface area (Å²) in [4.78, 5) is 31.9. The van der Waals surface area contributed by atoms with Gasteiger partial charge in [-0.3, -0.25) is 14.7 Å². The van der Waals surface area contributed by atoms with Crippen LogP contribution in [0.25, 0.3) is 0 Å². The number of methoxy groups -OCH3 is 1. The average Bonchev–Trinajstić information content (AvgIpc) is 3.33. The molecule has 208 valence electrons. The molecular formula is C27H41N7O4. The van der Waals surface area contributed by atoms with Crippen molar-refractivity contribution in [3.63, 3.8) is 0 Å². The van der Waals surface area contributed by atoms with E-state index in [1.54, 1.807) is 18.3 Å². The van der Waals surface area contributed by atoms with Gasteiger partial charge in [0.15, 0.2) is 18.2 Å². The number of carbonyl (C=O) groups is 1. The quantitative estimate of drug-likeness (QED) is 0.533. The summed E-state index contributed by atoms with van der Waals surface area (Å²) in [6.45, 7) is 8.09. The van der Waals surface area contributed by atoms with Crippen LogP contribution in [0.2, 0.25) is 0 Å². The zero-order chi connectivity index (χ0) is 26.9. The average molecular weight is 528 g/mol. The van der Waals surface area contributed by atoms with Crippen LogP contribution in [0.3, 0.4) is 0 Å². The van der Waals surface area contributed by atoms with Crippen LogP contribution in [0.1, 0.15) is 30.9 Å². The summed E-state index contributed by atoms with van der Waals surface area (Å²) in [6, 6.07) is -0.189. The first-order valence-electron chi connectivity index (χ1n) is 13.4. The fourth-order valence-corrected chi connectivity index (χ4v) is 4.70. The summed E-state index contributed by atoms with van der Waals surface area (Å²) >= 11 is 0. The van der Waals surface area contributed by atoms with Crippen LogP contribution in [0.4, 0.5) is 5.82 Å². The van der Waals surface area contributed by atoms with Crippen molar-refractivity contribution in [1.82, 2.24) is 19.7 Å². The van der Waals surface area contributed by atoms with E-state index < -0.39 is 0 Å². The Morgan fingerprint density at radius 3 is 2.89 bits per heavy atom. The first kappa shape index (κ1) is 27.9. The largest absolute Gasteiger partial charge is 0.489 e. The Kier molecular flexibility index (Phi) is 9.97. The second-order valence-corrected chi connectivity index (χ2v) is 9.81. The van der Waals surface area contributed by atoms with Gasteiger partial charge in [0, 0.05) is 53.0 Å². The van der Waals surface area contributed by atoms with Crippen LogP contribution in [-0.4, -0.2) is 118 Å². The molecule has 3 heterocycles. The van der Waals surface area contributed by atoms with Gasteiger partial charge >= 0.3 is 0 Å². The predicted molar refractivity (Wildman–Crippen MR) is 148 cm³/mol. The Morgan fingerprint density at radius 1 is 1.24 bits per heavy atom. The molecule has 1 unspecified atom stereocenters. The normalized spacial score (nSPS) is 22.1. The van der Waals surface area contributed by atoms with Crippen molar-refractivity contribution in [2.24, 2.45) is 9.98 Å². The molecule has 1 aliphatic carbocycles. The summed E-state index contributed by atoms with van der Waals surface area (Å²) in [5, 5.41) is 3.20. The molecule has 1 amide bonds. The molecule has 0 radical (unpaired) electrons. The van der Waals surface area contributed by atoms with Gasteiger partial charge in [-0.25, -0.2) is 4.99 Å². The smallest absolute Gasteiger partial charge is 0.260 e. The summed E-state index contributed by atoms with van der Waals surface area (Å²) in [5.41, 5.74) is 2.13. The third-order valence-electron chi connectivity index (χ3n) is 7.00. The highest BCUT2D eigenvalue weighted by Gasteiger charge is 2.25. The first-order valence-corrected chi connectivity index (χ1v) is 13.4. The van der Waals surface area contributed by atoms with Crippen LogP contribution in [0.5, 0.6) is 0 Å². The van der Waals surface area contributed by atoms with Gasteiger partial charge in [0.25, 0.3) is 5.91 Å². The molecule has 1 aromatic heterocycles. The Morgan fingerprint density at radius 2 is 2.08 bits per heavy atom. The first-order chi connectivity index (χ1) is 18.5. The highest BCUT2D eigenvalue weighted by Crippen LogP contribution is 2.28. The number of likely N-dealkylation sites (N-methyl/N-ethyl adjacent to an activating group) is 2. The van der Waals surface area contributed by atoms with E-state index in [1.807, 2.05) is 25.4 Å². The third-order valence-corrected chi connectivity index (χ3v) is 7.00. The molecule has 3 aliphatic rings. The molecule has 2 aliphatic heterocycles. The van der Waals surface area contributed by atoms with Crippen molar-refractivity contribution in [2.75, 3.05) is 79.1 Å². The van der Waals surface area contributed by atoms with Crippen LogP contribution in [0.15, 0.2) is 39.9 Å². The molecule has 2 N–H and O–H groups in total. The van der Waals surface area contributed by atoms with E-state index in [-0.39, 0.29) is 18.6 Å². The topological polar surface area (TPSA) is 107 Å². The lowest BCUT2D eigenvalue weighted by Gasteiger charge is -2.25. The number of aromatic nitrogens is 1. The second kappa shape index (κ2) is 13.6. The van der Waals surface area contributed by atoms with Crippen LogP contribution in [0, 0.1) is 0 Å². The standard InChI is InChI=1S/C27H41N7O4/c1-5-34(11-13-36-4)12-14-37-22-8-7-21-15-23(22)38-18-24(35)33(3)10-6-9-32(2)17-20-16-28-26-25(20)27(31-21)30-19-29-26/h7-8,16,19,21H,5-6,9-15,17-18H2,1-4H3,(H2,28,29,30,31). The Labute approximate surface area is 225 Å². The van der Waals surface area contributed by atoms with Crippen molar-refractivity contribution in [3.05, 3.63) is 41.0 Å². The molecule has 11 heteroatoms. The maximum Gasteiger partial charge on any atom is 0.260 e. The van der Waals surface area contributed by atoms with E-state index in [2.05, 4.69) is 39.1 Å². The molecule has 4 rings (SSSR count). The zero-order valence-electron chi connectivity index (χ0n) is 23.0. The number of aliphatic imine (C=N–C) groups is 2. The fraction of sp³-hybridized carbons (Fsp3) is 0.593. The monoisotopic (exact) mass is 527 g/mol.